The number of likely N-dealkylation sites (tertiary alicyclic amines) is 1. The van der Waals surface area contributed by atoms with Gasteiger partial charge in [-0.25, -0.2) is 0 Å². The van der Waals surface area contributed by atoms with Crippen molar-refractivity contribution in [3.05, 3.63) is 34.9 Å². The van der Waals surface area contributed by atoms with E-state index in [1.165, 1.54) is 36.1 Å². The van der Waals surface area contributed by atoms with E-state index in [1.807, 2.05) is 0 Å². The van der Waals surface area contributed by atoms with E-state index in [9.17, 15) is 4.79 Å². The highest BCUT2D eigenvalue weighted by atomic mass is 16.2. The summed E-state index contributed by atoms with van der Waals surface area (Å²) in [6, 6.07) is 6.83. The number of aryl methyl sites for hydroxylation is 2. The van der Waals surface area contributed by atoms with Gasteiger partial charge in [-0.15, -0.1) is 0 Å². The molecule has 2 atom stereocenters. The van der Waals surface area contributed by atoms with E-state index in [-0.39, 0.29) is 11.9 Å². The van der Waals surface area contributed by atoms with Gasteiger partial charge in [-0.1, -0.05) is 18.2 Å². The quantitative estimate of drug-likeness (QED) is 0.872. The highest BCUT2D eigenvalue weighted by molar-refractivity contribution is 5.81. The van der Waals surface area contributed by atoms with Crippen LogP contribution >= 0.6 is 0 Å². The number of hydrogen-bond donors (Lipinski definition) is 2. The molecule has 4 nitrogen and oxygen atoms in total. The van der Waals surface area contributed by atoms with Crippen LogP contribution in [-0.2, 0) is 11.3 Å². The maximum atomic E-state index is 12.1. The van der Waals surface area contributed by atoms with Gasteiger partial charge in [0.2, 0.25) is 5.91 Å². The summed E-state index contributed by atoms with van der Waals surface area (Å²) in [6.45, 7) is 9.43. The van der Waals surface area contributed by atoms with Gasteiger partial charge in [0.1, 0.15) is 0 Å². The first kappa shape index (κ1) is 17.4. The minimum atomic E-state index is 0.0419. The van der Waals surface area contributed by atoms with Crippen LogP contribution in [0.5, 0.6) is 0 Å². The highest BCUT2D eigenvalue weighted by Gasteiger charge is 2.24. The molecule has 0 bridgehead atoms. The summed E-state index contributed by atoms with van der Waals surface area (Å²) in [6.07, 6.45) is 4.55. The molecule has 1 aromatic carbocycles. The van der Waals surface area contributed by atoms with Gasteiger partial charge in [-0.2, -0.15) is 0 Å². The molecule has 0 saturated carbocycles. The Labute approximate surface area is 146 Å². The first-order chi connectivity index (χ1) is 11.6. The molecule has 0 aliphatic carbocycles. The van der Waals surface area contributed by atoms with Gasteiger partial charge in [-0.3, -0.25) is 9.69 Å². The SMILES string of the molecule is Cc1ccc(CN2CCCC(CNC(=O)C3CCCN3)C2)cc1C. The lowest BCUT2D eigenvalue weighted by Crippen LogP contribution is -2.45. The van der Waals surface area contributed by atoms with Gasteiger partial charge in [0.15, 0.2) is 0 Å². The number of carbonyl (C=O) groups excluding carboxylic acids is 1. The molecule has 2 aliphatic heterocycles. The Hall–Kier alpha value is -1.39. The average molecular weight is 329 g/mol. The van der Waals surface area contributed by atoms with Crippen LogP contribution in [-0.4, -0.2) is 43.0 Å². The van der Waals surface area contributed by atoms with Gasteiger partial charge in [-0.05, 0) is 75.2 Å². The molecule has 0 aromatic heterocycles. The summed E-state index contributed by atoms with van der Waals surface area (Å²) in [7, 11) is 0. The fourth-order valence-electron chi connectivity index (χ4n) is 3.90. The minimum absolute atomic E-state index is 0.0419. The van der Waals surface area contributed by atoms with Crippen LogP contribution < -0.4 is 10.6 Å². The van der Waals surface area contributed by atoms with Crippen molar-refractivity contribution in [1.82, 2.24) is 15.5 Å². The lowest BCUT2D eigenvalue weighted by Gasteiger charge is -2.33. The standard InChI is InChI=1S/C20H31N3O/c1-15-7-8-17(11-16(15)2)13-23-10-4-5-18(14-23)12-22-20(24)19-6-3-9-21-19/h7-8,11,18-19,21H,3-6,9-10,12-14H2,1-2H3,(H,22,24). The number of piperidine rings is 1. The number of rotatable bonds is 5. The molecule has 132 valence electrons. The summed E-state index contributed by atoms with van der Waals surface area (Å²) in [5, 5.41) is 6.44. The van der Waals surface area contributed by atoms with E-state index in [4.69, 9.17) is 0 Å². The predicted molar refractivity (Wildman–Crippen MR) is 98.0 cm³/mol. The number of amides is 1. The molecule has 0 radical (unpaired) electrons. The van der Waals surface area contributed by atoms with Gasteiger partial charge in [0.05, 0.1) is 6.04 Å². The minimum Gasteiger partial charge on any atom is -0.354 e. The summed E-state index contributed by atoms with van der Waals surface area (Å²) >= 11 is 0. The first-order valence-electron chi connectivity index (χ1n) is 9.41. The fourth-order valence-corrected chi connectivity index (χ4v) is 3.90. The summed E-state index contributed by atoms with van der Waals surface area (Å²) in [5.41, 5.74) is 4.13. The van der Waals surface area contributed by atoms with Crippen molar-refractivity contribution in [3.8, 4) is 0 Å². The zero-order chi connectivity index (χ0) is 16.9. The van der Waals surface area contributed by atoms with Gasteiger partial charge in [0, 0.05) is 19.6 Å². The van der Waals surface area contributed by atoms with Crippen molar-refractivity contribution in [1.29, 1.82) is 0 Å². The Bertz CT molecular complexity index is 566. The van der Waals surface area contributed by atoms with Crippen LogP contribution in [0.2, 0.25) is 0 Å². The van der Waals surface area contributed by atoms with Crippen LogP contribution in [0.15, 0.2) is 18.2 Å². The maximum absolute atomic E-state index is 12.1. The number of nitrogens with zero attached hydrogens (tertiary/aromatic N) is 1. The molecule has 2 aliphatic rings. The van der Waals surface area contributed by atoms with Crippen LogP contribution in [0.25, 0.3) is 0 Å². The topological polar surface area (TPSA) is 44.4 Å². The maximum Gasteiger partial charge on any atom is 0.237 e. The van der Waals surface area contributed by atoms with E-state index in [2.05, 4.69) is 47.6 Å². The fraction of sp³-hybridized carbons (Fsp3) is 0.650. The van der Waals surface area contributed by atoms with Crippen molar-refractivity contribution in [3.63, 3.8) is 0 Å². The molecule has 2 heterocycles. The van der Waals surface area contributed by atoms with Crippen LogP contribution in [0, 0.1) is 19.8 Å². The van der Waals surface area contributed by atoms with Crippen LogP contribution in [0.4, 0.5) is 0 Å². The Morgan fingerprint density at radius 3 is 2.88 bits per heavy atom. The summed E-state index contributed by atoms with van der Waals surface area (Å²) in [4.78, 5) is 14.7. The summed E-state index contributed by atoms with van der Waals surface area (Å²) in [5.74, 6) is 0.773. The van der Waals surface area contributed by atoms with E-state index in [0.717, 1.165) is 39.0 Å². The van der Waals surface area contributed by atoms with Gasteiger partial charge in [0.25, 0.3) is 0 Å². The lowest BCUT2D eigenvalue weighted by molar-refractivity contribution is -0.123. The highest BCUT2D eigenvalue weighted by Crippen LogP contribution is 2.19. The van der Waals surface area contributed by atoms with E-state index >= 15 is 0 Å². The van der Waals surface area contributed by atoms with Crippen molar-refractivity contribution < 1.29 is 4.79 Å². The molecule has 2 unspecified atom stereocenters. The first-order valence-corrected chi connectivity index (χ1v) is 9.41. The second-order valence-corrected chi connectivity index (χ2v) is 7.56. The molecule has 2 saturated heterocycles. The predicted octanol–water partition coefficient (Wildman–Crippen LogP) is 2.38. The Kier molecular flexibility index (Phi) is 5.90. The van der Waals surface area contributed by atoms with Crippen molar-refractivity contribution >= 4 is 5.91 Å². The normalized spacial score (nSPS) is 24.9. The van der Waals surface area contributed by atoms with Crippen LogP contribution in [0.1, 0.15) is 42.4 Å². The third-order valence-corrected chi connectivity index (χ3v) is 5.52. The van der Waals surface area contributed by atoms with Gasteiger partial charge >= 0.3 is 0 Å². The van der Waals surface area contributed by atoms with E-state index in [0.29, 0.717) is 5.92 Å². The Balaban J connectivity index is 1.47. The van der Waals surface area contributed by atoms with Crippen molar-refractivity contribution in [2.45, 2.75) is 52.1 Å². The molecule has 4 heteroatoms. The molecular weight excluding hydrogens is 298 g/mol. The Morgan fingerprint density at radius 2 is 2.12 bits per heavy atom. The molecule has 24 heavy (non-hydrogen) atoms. The second-order valence-electron chi connectivity index (χ2n) is 7.56. The van der Waals surface area contributed by atoms with Crippen molar-refractivity contribution in [2.24, 2.45) is 5.92 Å². The summed E-state index contributed by atoms with van der Waals surface area (Å²) < 4.78 is 0. The smallest absolute Gasteiger partial charge is 0.237 e. The molecule has 2 fully saturated rings. The number of nitrogens with one attached hydrogen (secondary N) is 2. The number of benzene rings is 1. The largest absolute Gasteiger partial charge is 0.354 e. The van der Waals surface area contributed by atoms with Gasteiger partial charge < -0.3 is 10.6 Å². The monoisotopic (exact) mass is 329 g/mol. The molecule has 1 aromatic rings. The molecule has 2 N–H and O–H groups in total. The van der Waals surface area contributed by atoms with Crippen LogP contribution in [0.3, 0.4) is 0 Å². The number of hydrogen-bond acceptors (Lipinski definition) is 3. The molecule has 3 rings (SSSR count). The van der Waals surface area contributed by atoms with E-state index in [1.54, 1.807) is 0 Å². The molecule has 1 amide bonds. The third kappa shape index (κ3) is 4.58. The number of carbonyl (C=O) groups is 1. The van der Waals surface area contributed by atoms with E-state index < -0.39 is 0 Å². The lowest BCUT2D eigenvalue weighted by atomic mass is 9.97. The van der Waals surface area contributed by atoms with Crippen molar-refractivity contribution in [2.75, 3.05) is 26.2 Å². The average Bonchev–Trinajstić information content (AvgIpc) is 3.11. The zero-order valence-corrected chi connectivity index (χ0v) is 15.1. The molecule has 0 spiro atoms. The third-order valence-electron chi connectivity index (χ3n) is 5.52. The Morgan fingerprint density at radius 1 is 1.25 bits per heavy atom. The zero-order valence-electron chi connectivity index (χ0n) is 15.1. The molecular formula is C20H31N3O. The second kappa shape index (κ2) is 8.13.